The second-order valence-corrected chi connectivity index (χ2v) is 13.4. The molecule has 0 saturated carbocycles. The summed E-state index contributed by atoms with van der Waals surface area (Å²) in [5.41, 5.74) is 0. The van der Waals surface area contributed by atoms with Gasteiger partial charge in [-0.15, -0.1) is 0 Å². The number of aliphatic hydroxyl groups excluding tert-OH is 1. The van der Waals surface area contributed by atoms with Crippen LogP contribution in [0.2, 0.25) is 0 Å². The number of carboxylic acid groups (broad SMARTS) is 2. The lowest BCUT2D eigenvalue weighted by Gasteiger charge is -2.26. The Kier molecular flexibility index (Phi) is 34.3. The van der Waals surface area contributed by atoms with Gasteiger partial charge in [0.05, 0.1) is 6.61 Å². The first-order valence-electron chi connectivity index (χ1n) is 19.5. The summed E-state index contributed by atoms with van der Waals surface area (Å²) >= 11 is 0. The molecule has 0 aromatic rings. The quantitative estimate of drug-likeness (QED) is 0.0438. The van der Waals surface area contributed by atoms with Crippen LogP contribution in [0.1, 0.15) is 174 Å². The van der Waals surface area contributed by atoms with Crippen LogP contribution in [-0.4, -0.2) is 95.5 Å². The van der Waals surface area contributed by atoms with E-state index in [1.807, 2.05) is 0 Å². The fraction of sp³-hybridized carbons (Fsp3) is 0.921. The predicted octanol–water partition coefficient (Wildman–Crippen LogP) is 8.46. The van der Waals surface area contributed by atoms with E-state index in [2.05, 4.69) is 16.7 Å². The van der Waals surface area contributed by atoms with Crippen molar-refractivity contribution in [1.82, 2.24) is 9.80 Å². The molecule has 0 atom stereocenters. The van der Waals surface area contributed by atoms with Crippen LogP contribution in [-0.2, 0) is 19.1 Å². The number of aliphatic hydroxyl groups is 1. The SMILES string of the molecule is CCCCCCCCCCCCCOC(=O)CCCCCN(CCCCO)CCCN(CCCCCC(=O)O)CCCCCC(=O)O. The zero-order chi connectivity index (χ0) is 34.6. The molecule has 0 rings (SSSR count). The highest BCUT2D eigenvalue weighted by Crippen LogP contribution is 2.12. The van der Waals surface area contributed by atoms with Crippen LogP contribution in [0.25, 0.3) is 0 Å². The number of carboxylic acids is 2. The standard InChI is InChI=1S/C38H74N2O7/c1-2-3-4-5-6-7-8-9-10-11-23-35-47-38(46)27-17-14-20-30-40(31-21-22-34-41)33-24-32-39(28-18-12-15-25-36(42)43)29-19-13-16-26-37(44)45/h41H,2-35H2,1H3,(H,42,43)(H,44,45). The van der Waals surface area contributed by atoms with Gasteiger partial charge in [0.25, 0.3) is 0 Å². The number of aliphatic carboxylic acids is 2. The Hall–Kier alpha value is -1.71. The molecule has 0 aromatic heterocycles. The van der Waals surface area contributed by atoms with Gasteiger partial charge < -0.3 is 29.9 Å². The Morgan fingerprint density at radius 3 is 1.23 bits per heavy atom. The number of ether oxygens (including phenoxy) is 1. The number of hydrogen-bond donors (Lipinski definition) is 3. The molecule has 9 heteroatoms. The maximum Gasteiger partial charge on any atom is 0.305 e. The number of rotatable bonds is 38. The Labute approximate surface area is 288 Å². The van der Waals surface area contributed by atoms with Crippen LogP contribution in [0.4, 0.5) is 0 Å². The van der Waals surface area contributed by atoms with Crippen molar-refractivity contribution in [3.63, 3.8) is 0 Å². The Morgan fingerprint density at radius 2 is 0.809 bits per heavy atom. The van der Waals surface area contributed by atoms with Gasteiger partial charge >= 0.3 is 17.9 Å². The van der Waals surface area contributed by atoms with Crippen molar-refractivity contribution in [2.24, 2.45) is 0 Å². The molecule has 0 aromatic carbocycles. The molecule has 47 heavy (non-hydrogen) atoms. The molecule has 0 amide bonds. The molecule has 0 aliphatic heterocycles. The third kappa shape index (κ3) is 35.4. The molecular formula is C38H74N2O7. The van der Waals surface area contributed by atoms with Crippen molar-refractivity contribution < 1.29 is 34.4 Å². The minimum Gasteiger partial charge on any atom is -0.481 e. The van der Waals surface area contributed by atoms with Crippen LogP contribution in [0, 0.1) is 0 Å². The predicted molar refractivity (Wildman–Crippen MR) is 192 cm³/mol. The average molecular weight is 671 g/mol. The minimum atomic E-state index is -0.740. The Bertz CT molecular complexity index is 698. The number of hydrogen-bond acceptors (Lipinski definition) is 7. The van der Waals surface area contributed by atoms with Crippen molar-refractivity contribution >= 4 is 17.9 Å². The highest BCUT2D eigenvalue weighted by Gasteiger charge is 2.10. The molecule has 0 radical (unpaired) electrons. The molecule has 3 N–H and O–H groups in total. The largest absolute Gasteiger partial charge is 0.481 e. The first-order chi connectivity index (χ1) is 22.9. The molecular weight excluding hydrogens is 596 g/mol. The minimum absolute atomic E-state index is 0.0668. The third-order valence-electron chi connectivity index (χ3n) is 8.93. The van der Waals surface area contributed by atoms with Crippen molar-refractivity contribution in [1.29, 1.82) is 0 Å². The molecule has 0 aliphatic rings. The molecule has 0 spiro atoms. The van der Waals surface area contributed by atoms with Gasteiger partial charge in [-0.05, 0) is 103 Å². The van der Waals surface area contributed by atoms with Crippen molar-refractivity contribution in [3.05, 3.63) is 0 Å². The molecule has 0 fully saturated rings. The lowest BCUT2D eigenvalue weighted by atomic mass is 10.1. The second-order valence-electron chi connectivity index (χ2n) is 13.4. The van der Waals surface area contributed by atoms with Crippen molar-refractivity contribution in [2.75, 3.05) is 52.5 Å². The summed E-state index contributed by atoms with van der Waals surface area (Å²) in [5.74, 6) is -1.55. The van der Waals surface area contributed by atoms with Gasteiger partial charge in [-0.1, -0.05) is 90.4 Å². The summed E-state index contributed by atoms with van der Waals surface area (Å²) in [5, 5.41) is 27.0. The highest BCUT2D eigenvalue weighted by molar-refractivity contribution is 5.69. The Balaban J connectivity index is 4.20. The average Bonchev–Trinajstić information content (AvgIpc) is 3.04. The van der Waals surface area contributed by atoms with Crippen molar-refractivity contribution in [3.8, 4) is 0 Å². The second kappa shape index (κ2) is 35.6. The van der Waals surface area contributed by atoms with Crippen LogP contribution < -0.4 is 0 Å². The summed E-state index contributed by atoms with van der Waals surface area (Å²) < 4.78 is 5.47. The summed E-state index contributed by atoms with van der Waals surface area (Å²) in [7, 11) is 0. The lowest BCUT2D eigenvalue weighted by Crippen LogP contribution is -2.32. The van der Waals surface area contributed by atoms with Gasteiger partial charge in [-0.3, -0.25) is 14.4 Å². The summed E-state index contributed by atoms with van der Waals surface area (Å²) in [6, 6.07) is 0. The van der Waals surface area contributed by atoms with E-state index >= 15 is 0 Å². The molecule has 0 aliphatic carbocycles. The van der Waals surface area contributed by atoms with Gasteiger partial charge in [0.1, 0.15) is 0 Å². The molecule has 278 valence electrons. The van der Waals surface area contributed by atoms with Crippen molar-refractivity contribution in [2.45, 2.75) is 174 Å². The number of esters is 1. The van der Waals surface area contributed by atoms with Gasteiger partial charge in [-0.25, -0.2) is 0 Å². The first-order valence-corrected chi connectivity index (χ1v) is 19.5. The molecule has 0 heterocycles. The van der Waals surface area contributed by atoms with E-state index in [0.717, 1.165) is 116 Å². The first kappa shape index (κ1) is 45.3. The van der Waals surface area contributed by atoms with Gasteiger partial charge in [0, 0.05) is 25.9 Å². The third-order valence-corrected chi connectivity index (χ3v) is 8.93. The summed E-state index contributed by atoms with van der Waals surface area (Å²) in [4.78, 5) is 38.7. The van der Waals surface area contributed by atoms with Gasteiger partial charge in [0.2, 0.25) is 0 Å². The van der Waals surface area contributed by atoms with E-state index in [1.54, 1.807) is 0 Å². The maximum atomic E-state index is 12.2. The summed E-state index contributed by atoms with van der Waals surface area (Å²) in [6.45, 7) is 8.82. The fourth-order valence-corrected chi connectivity index (χ4v) is 6.02. The lowest BCUT2D eigenvalue weighted by molar-refractivity contribution is -0.144. The Morgan fingerprint density at radius 1 is 0.447 bits per heavy atom. The number of carbonyl (C=O) groups excluding carboxylic acids is 1. The van der Waals surface area contributed by atoms with E-state index in [1.165, 1.54) is 57.8 Å². The topological polar surface area (TPSA) is 128 Å². The van der Waals surface area contributed by atoms with Gasteiger partial charge in [-0.2, -0.15) is 0 Å². The van der Waals surface area contributed by atoms with Gasteiger partial charge in [0.15, 0.2) is 0 Å². The fourth-order valence-electron chi connectivity index (χ4n) is 6.02. The van der Waals surface area contributed by atoms with Crippen LogP contribution in [0.3, 0.4) is 0 Å². The molecule has 0 bridgehead atoms. The zero-order valence-electron chi connectivity index (χ0n) is 30.4. The van der Waals surface area contributed by atoms with Crippen LogP contribution in [0.15, 0.2) is 0 Å². The highest BCUT2D eigenvalue weighted by atomic mass is 16.5. The molecule has 9 nitrogen and oxygen atoms in total. The maximum absolute atomic E-state index is 12.2. The van der Waals surface area contributed by atoms with E-state index in [0.29, 0.717) is 25.9 Å². The van der Waals surface area contributed by atoms with Crippen LogP contribution in [0.5, 0.6) is 0 Å². The van der Waals surface area contributed by atoms with E-state index in [9.17, 15) is 19.5 Å². The number of carbonyl (C=O) groups is 3. The zero-order valence-corrected chi connectivity index (χ0v) is 30.4. The molecule has 0 saturated heterocycles. The smallest absolute Gasteiger partial charge is 0.305 e. The molecule has 0 unspecified atom stereocenters. The van der Waals surface area contributed by atoms with Crippen LogP contribution >= 0.6 is 0 Å². The number of unbranched alkanes of at least 4 members (excludes halogenated alkanes) is 17. The normalized spacial score (nSPS) is 11.5. The van der Waals surface area contributed by atoms with E-state index in [-0.39, 0.29) is 25.4 Å². The summed E-state index contributed by atoms with van der Waals surface area (Å²) in [6.07, 6.45) is 26.0. The van der Waals surface area contributed by atoms with E-state index < -0.39 is 11.9 Å². The monoisotopic (exact) mass is 671 g/mol. The number of nitrogens with zero attached hydrogens (tertiary/aromatic N) is 2. The van der Waals surface area contributed by atoms with E-state index in [4.69, 9.17) is 14.9 Å².